The van der Waals surface area contributed by atoms with Crippen LogP contribution in [0.3, 0.4) is 0 Å². The molecular weight excluding hydrogens is 246 g/mol. The van der Waals surface area contributed by atoms with Crippen molar-refractivity contribution in [1.82, 2.24) is 4.98 Å². The molecule has 0 radical (unpaired) electrons. The van der Waals surface area contributed by atoms with Crippen molar-refractivity contribution in [2.75, 3.05) is 6.54 Å². The van der Waals surface area contributed by atoms with E-state index in [1.807, 2.05) is 0 Å². The van der Waals surface area contributed by atoms with Crippen LogP contribution in [0.25, 0.3) is 0 Å². The molecule has 0 saturated heterocycles. The van der Waals surface area contributed by atoms with Gasteiger partial charge >= 0.3 is 0 Å². The summed E-state index contributed by atoms with van der Waals surface area (Å²) < 4.78 is 5.53. The molecule has 0 amide bonds. The summed E-state index contributed by atoms with van der Waals surface area (Å²) in [6, 6.07) is 1.24. The molecule has 0 atom stereocenters. The van der Waals surface area contributed by atoms with Gasteiger partial charge in [-0.05, 0) is 25.3 Å². The highest BCUT2D eigenvalue weighted by Crippen LogP contribution is 2.33. The highest BCUT2D eigenvalue weighted by Gasteiger charge is 2.30. The van der Waals surface area contributed by atoms with E-state index in [0.29, 0.717) is 12.5 Å². The normalized spacial score (nSPS) is 22.9. The van der Waals surface area contributed by atoms with Crippen LogP contribution in [-0.2, 0) is 0 Å². The van der Waals surface area contributed by atoms with Crippen molar-refractivity contribution in [3.8, 4) is 5.88 Å². The Hall–Kier alpha value is -1.40. The highest BCUT2D eigenvalue weighted by molar-refractivity contribution is 6.32. The lowest BCUT2D eigenvalue weighted by molar-refractivity contribution is -0.385. The maximum absolute atomic E-state index is 10.5. The second-order valence-electron chi connectivity index (χ2n) is 4.05. The van der Waals surface area contributed by atoms with E-state index in [1.54, 1.807) is 0 Å². The molecule has 2 rings (SSSR count). The van der Waals surface area contributed by atoms with Crippen LogP contribution in [0, 0.1) is 16.0 Å². The summed E-state index contributed by atoms with van der Waals surface area (Å²) in [5.74, 6) is 0.745. The quantitative estimate of drug-likeness (QED) is 0.655. The van der Waals surface area contributed by atoms with Gasteiger partial charge in [0.1, 0.15) is 17.3 Å². The van der Waals surface area contributed by atoms with Gasteiger partial charge in [0.15, 0.2) is 0 Å². The van der Waals surface area contributed by atoms with Crippen LogP contribution < -0.4 is 10.5 Å². The van der Waals surface area contributed by atoms with E-state index in [9.17, 15) is 10.1 Å². The van der Waals surface area contributed by atoms with Gasteiger partial charge in [0.2, 0.25) is 5.88 Å². The van der Waals surface area contributed by atoms with Gasteiger partial charge in [-0.2, -0.15) is 0 Å². The molecule has 0 bridgehead atoms. The van der Waals surface area contributed by atoms with Crippen LogP contribution in [0.5, 0.6) is 5.88 Å². The summed E-state index contributed by atoms with van der Waals surface area (Å²) in [4.78, 5) is 13.8. The van der Waals surface area contributed by atoms with Gasteiger partial charge < -0.3 is 10.5 Å². The van der Waals surface area contributed by atoms with Gasteiger partial charge in [-0.15, -0.1) is 0 Å². The fourth-order valence-electron chi connectivity index (χ4n) is 1.72. The van der Waals surface area contributed by atoms with Crippen LogP contribution in [0.15, 0.2) is 12.3 Å². The Morgan fingerprint density at radius 2 is 2.35 bits per heavy atom. The lowest BCUT2D eigenvalue weighted by Crippen LogP contribution is -2.37. The molecule has 1 aromatic heterocycles. The minimum Gasteiger partial charge on any atom is -0.473 e. The van der Waals surface area contributed by atoms with Crippen molar-refractivity contribution in [1.29, 1.82) is 0 Å². The Morgan fingerprint density at radius 3 is 2.88 bits per heavy atom. The molecule has 6 nitrogen and oxygen atoms in total. The summed E-state index contributed by atoms with van der Waals surface area (Å²) in [5.41, 5.74) is 5.36. The van der Waals surface area contributed by atoms with Crippen LogP contribution in [0.1, 0.15) is 12.8 Å². The Kier molecular flexibility index (Phi) is 3.44. The fourth-order valence-corrected chi connectivity index (χ4v) is 1.93. The van der Waals surface area contributed by atoms with Crippen LogP contribution >= 0.6 is 11.6 Å². The number of hydrogen-bond donors (Lipinski definition) is 1. The zero-order chi connectivity index (χ0) is 12.4. The average Bonchev–Trinajstić information content (AvgIpc) is 2.24. The molecule has 0 aromatic carbocycles. The van der Waals surface area contributed by atoms with E-state index in [0.717, 1.165) is 19.0 Å². The van der Waals surface area contributed by atoms with Gasteiger partial charge in [-0.25, -0.2) is 4.98 Å². The monoisotopic (exact) mass is 257 g/mol. The molecule has 2 N–H and O–H groups in total. The maximum Gasteiger partial charge on any atom is 0.289 e. The molecule has 1 aliphatic carbocycles. The molecule has 0 spiro atoms. The van der Waals surface area contributed by atoms with Crippen molar-refractivity contribution in [2.24, 2.45) is 11.7 Å². The van der Waals surface area contributed by atoms with E-state index in [1.165, 1.54) is 6.07 Å². The van der Waals surface area contributed by atoms with E-state index in [2.05, 4.69) is 4.98 Å². The number of halogens is 1. The summed E-state index contributed by atoms with van der Waals surface area (Å²) >= 11 is 5.85. The molecule has 92 valence electrons. The van der Waals surface area contributed by atoms with Gasteiger partial charge in [0.25, 0.3) is 5.69 Å². The molecule has 17 heavy (non-hydrogen) atoms. The van der Waals surface area contributed by atoms with Crippen LogP contribution in [-0.4, -0.2) is 22.6 Å². The van der Waals surface area contributed by atoms with Gasteiger partial charge in [-0.3, -0.25) is 10.1 Å². The predicted molar refractivity (Wildman–Crippen MR) is 62.1 cm³/mol. The lowest BCUT2D eigenvalue weighted by atomic mass is 9.82. The molecule has 1 fully saturated rings. The van der Waals surface area contributed by atoms with E-state index >= 15 is 0 Å². The van der Waals surface area contributed by atoms with E-state index in [4.69, 9.17) is 22.1 Å². The number of nitrogens with zero attached hydrogens (tertiary/aromatic N) is 2. The third-order valence-electron chi connectivity index (χ3n) is 2.81. The number of rotatable bonds is 4. The third kappa shape index (κ3) is 2.65. The largest absolute Gasteiger partial charge is 0.473 e. The van der Waals surface area contributed by atoms with Crippen molar-refractivity contribution in [3.63, 3.8) is 0 Å². The average molecular weight is 258 g/mol. The summed E-state index contributed by atoms with van der Waals surface area (Å²) in [6.07, 6.45) is 2.96. The first-order chi connectivity index (χ1) is 8.10. The number of hydrogen-bond acceptors (Lipinski definition) is 5. The highest BCUT2D eigenvalue weighted by atomic mass is 35.5. The van der Waals surface area contributed by atoms with Crippen molar-refractivity contribution < 1.29 is 9.66 Å². The first-order valence-electron chi connectivity index (χ1n) is 5.26. The SMILES string of the molecule is NCC1CC(Oc2ncc([N+](=O)[O-])cc2Cl)C1. The van der Waals surface area contributed by atoms with E-state index < -0.39 is 4.92 Å². The van der Waals surface area contributed by atoms with Crippen LogP contribution in [0.2, 0.25) is 5.02 Å². The first kappa shape index (κ1) is 12.1. The molecule has 0 unspecified atom stereocenters. The molecule has 7 heteroatoms. The van der Waals surface area contributed by atoms with Crippen molar-refractivity contribution in [2.45, 2.75) is 18.9 Å². The van der Waals surface area contributed by atoms with Gasteiger partial charge in [0, 0.05) is 6.07 Å². The Bertz CT molecular complexity index is 435. The number of nitrogens with two attached hydrogens (primary N) is 1. The Labute approximate surface area is 103 Å². The first-order valence-corrected chi connectivity index (χ1v) is 5.64. The third-order valence-corrected chi connectivity index (χ3v) is 3.08. The number of ether oxygens (including phenoxy) is 1. The smallest absolute Gasteiger partial charge is 0.289 e. The zero-order valence-corrected chi connectivity index (χ0v) is 9.76. The standard InChI is InChI=1S/C10H12ClN3O3/c11-9-3-7(14(15)16)5-13-10(9)17-8-1-6(2-8)4-12/h3,5-6,8H,1-2,4,12H2. The molecule has 1 saturated carbocycles. The minimum atomic E-state index is -0.545. The Morgan fingerprint density at radius 1 is 1.65 bits per heavy atom. The second kappa shape index (κ2) is 4.85. The zero-order valence-electron chi connectivity index (χ0n) is 9.01. The topological polar surface area (TPSA) is 91.3 Å². The van der Waals surface area contributed by atoms with E-state index in [-0.39, 0.29) is 22.7 Å². The van der Waals surface area contributed by atoms with Gasteiger partial charge in [-0.1, -0.05) is 11.6 Å². The predicted octanol–water partition coefficient (Wildman–Crippen LogP) is 1.76. The molecular formula is C10H12ClN3O3. The molecule has 1 heterocycles. The molecule has 1 aliphatic rings. The lowest BCUT2D eigenvalue weighted by Gasteiger charge is -2.34. The number of nitro groups is 1. The molecule has 0 aliphatic heterocycles. The summed E-state index contributed by atoms with van der Waals surface area (Å²) in [7, 11) is 0. The Balaban J connectivity index is 2.00. The number of pyridine rings is 1. The summed E-state index contributed by atoms with van der Waals surface area (Å²) in [6.45, 7) is 0.654. The van der Waals surface area contributed by atoms with Crippen LogP contribution in [0.4, 0.5) is 5.69 Å². The van der Waals surface area contributed by atoms with Crippen molar-refractivity contribution in [3.05, 3.63) is 27.4 Å². The second-order valence-corrected chi connectivity index (χ2v) is 4.46. The number of aromatic nitrogens is 1. The minimum absolute atomic E-state index is 0.0648. The fraction of sp³-hybridized carbons (Fsp3) is 0.500. The van der Waals surface area contributed by atoms with Gasteiger partial charge in [0.05, 0.1) is 4.92 Å². The maximum atomic E-state index is 10.5. The summed E-state index contributed by atoms with van der Waals surface area (Å²) in [5, 5.41) is 10.7. The molecule has 1 aromatic rings. The van der Waals surface area contributed by atoms with Crippen molar-refractivity contribution >= 4 is 17.3 Å².